The van der Waals surface area contributed by atoms with Gasteiger partial charge in [-0.25, -0.2) is 0 Å². The Balaban J connectivity index is 2.53. The van der Waals surface area contributed by atoms with Gasteiger partial charge in [-0.1, -0.05) is 13.8 Å². The van der Waals surface area contributed by atoms with E-state index in [1.165, 1.54) is 4.31 Å². The second kappa shape index (κ2) is 7.56. The highest BCUT2D eigenvalue weighted by Crippen LogP contribution is 2.13. The number of nitrogens with one attached hydrogen (secondary N) is 2. The number of rotatable bonds is 8. The van der Waals surface area contributed by atoms with Crippen molar-refractivity contribution in [3.05, 3.63) is 24.0 Å². The van der Waals surface area contributed by atoms with Gasteiger partial charge >= 0.3 is 10.2 Å². The zero-order valence-corrected chi connectivity index (χ0v) is 13.4. The molecule has 1 heterocycles. The molecule has 0 saturated heterocycles. The number of aryl methyl sites for hydroxylation is 1. The van der Waals surface area contributed by atoms with Gasteiger partial charge in [0.05, 0.1) is 11.4 Å². The summed E-state index contributed by atoms with van der Waals surface area (Å²) in [4.78, 5) is 4.06. The summed E-state index contributed by atoms with van der Waals surface area (Å²) in [6, 6.07) is 3.82. The Morgan fingerprint density at radius 1 is 1.40 bits per heavy atom. The summed E-state index contributed by atoms with van der Waals surface area (Å²) in [5.74, 6) is 0. The van der Waals surface area contributed by atoms with E-state index in [2.05, 4.69) is 28.9 Å². The van der Waals surface area contributed by atoms with Gasteiger partial charge in [-0.3, -0.25) is 9.71 Å². The lowest BCUT2D eigenvalue weighted by Gasteiger charge is -2.19. The summed E-state index contributed by atoms with van der Waals surface area (Å²) in [7, 11) is -1.95. The van der Waals surface area contributed by atoms with Crippen LogP contribution in [0.1, 0.15) is 26.0 Å². The van der Waals surface area contributed by atoms with Crippen LogP contribution >= 0.6 is 0 Å². The molecule has 1 aromatic rings. The topological polar surface area (TPSA) is 74.3 Å². The van der Waals surface area contributed by atoms with Gasteiger partial charge in [-0.05, 0) is 32.0 Å². The molecule has 7 heteroatoms. The summed E-state index contributed by atoms with van der Waals surface area (Å²) in [6.07, 6.45) is 2.40. The number of hydrogen-bond donors (Lipinski definition) is 2. The lowest BCUT2D eigenvalue weighted by molar-refractivity contribution is 0.451. The van der Waals surface area contributed by atoms with E-state index in [1.807, 2.05) is 0 Å². The van der Waals surface area contributed by atoms with Gasteiger partial charge in [0.15, 0.2) is 0 Å². The lowest BCUT2D eigenvalue weighted by atomic mass is 10.3. The molecular weight excluding hydrogens is 276 g/mol. The molecule has 0 saturated carbocycles. The predicted molar refractivity (Wildman–Crippen MR) is 81.9 cm³/mol. The maximum absolute atomic E-state index is 12.1. The Morgan fingerprint density at radius 2 is 2.10 bits per heavy atom. The van der Waals surface area contributed by atoms with E-state index in [-0.39, 0.29) is 0 Å². The number of aromatic nitrogens is 1. The second-order valence-corrected chi connectivity index (χ2v) is 6.80. The van der Waals surface area contributed by atoms with Crippen LogP contribution in [0.15, 0.2) is 18.3 Å². The first-order valence-electron chi connectivity index (χ1n) is 6.72. The minimum absolute atomic E-state index is 0.410. The van der Waals surface area contributed by atoms with Crippen molar-refractivity contribution in [2.75, 3.05) is 24.9 Å². The van der Waals surface area contributed by atoms with Gasteiger partial charge in [-0.2, -0.15) is 12.7 Å². The highest BCUT2D eigenvalue weighted by atomic mass is 32.2. The largest absolute Gasteiger partial charge is 0.314 e. The van der Waals surface area contributed by atoms with Crippen molar-refractivity contribution in [1.82, 2.24) is 14.6 Å². The number of nitrogens with zero attached hydrogens (tertiary/aromatic N) is 2. The van der Waals surface area contributed by atoms with E-state index in [4.69, 9.17) is 0 Å². The zero-order valence-electron chi connectivity index (χ0n) is 12.5. The molecule has 0 atom stereocenters. The molecule has 6 nitrogen and oxygen atoms in total. The maximum atomic E-state index is 12.1. The Morgan fingerprint density at radius 3 is 2.70 bits per heavy atom. The molecule has 0 amide bonds. The highest BCUT2D eigenvalue weighted by Gasteiger charge is 2.17. The van der Waals surface area contributed by atoms with Crippen LogP contribution in [0.2, 0.25) is 0 Å². The molecule has 1 aromatic heterocycles. The summed E-state index contributed by atoms with van der Waals surface area (Å²) < 4.78 is 28.2. The van der Waals surface area contributed by atoms with E-state index in [0.29, 0.717) is 24.0 Å². The number of hydrogen-bond acceptors (Lipinski definition) is 4. The SMILES string of the molecule is Cc1ncccc1NS(=O)(=O)N(C)CCCNC(C)C. The van der Waals surface area contributed by atoms with Crippen LogP contribution in [0.4, 0.5) is 5.69 Å². The van der Waals surface area contributed by atoms with Crippen molar-refractivity contribution in [2.24, 2.45) is 0 Å². The molecule has 0 bridgehead atoms. The third kappa shape index (κ3) is 5.44. The zero-order chi connectivity index (χ0) is 15.2. The summed E-state index contributed by atoms with van der Waals surface area (Å²) in [5, 5.41) is 3.26. The van der Waals surface area contributed by atoms with Crippen molar-refractivity contribution in [3.63, 3.8) is 0 Å². The molecule has 0 unspecified atom stereocenters. The molecule has 2 N–H and O–H groups in total. The monoisotopic (exact) mass is 300 g/mol. The molecule has 0 aromatic carbocycles. The minimum Gasteiger partial charge on any atom is -0.314 e. The van der Waals surface area contributed by atoms with Gasteiger partial charge in [0.1, 0.15) is 0 Å². The maximum Gasteiger partial charge on any atom is 0.301 e. The van der Waals surface area contributed by atoms with Crippen LogP contribution in [0.25, 0.3) is 0 Å². The minimum atomic E-state index is -3.52. The fourth-order valence-corrected chi connectivity index (χ4v) is 2.64. The van der Waals surface area contributed by atoms with Crippen molar-refractivity contribution < 1.29 is 8.42 Å². The van der Waals surface area contributed by atoms with Crippen molar-refractivity contribution in [1.29, 1.82) is 0 Å². The molecule has 114 valence electrons. The fraction of sp³-hybridized carbons (Fsp3) is 0.615. The molecule has 0 aliphatic heterocycles. The summed E-state index contributed by atoms with van der Waals surface area (Å²) in [5.41, 5.74) is 1.17. The first-order chi connectivity index (χ1) is 9.33. The highest BCUT2D eigenvalue weighted by molar-refractivity contribution is 7.90. The predicted octanol–water partition coefficient (Wildman–Crippen LogP) is 1.37. The average molecular weight is 300 g/mol. The Hall–Kier alpha value is -1.18. The molecule has 0 aliphatic rings. The number of pyridine rings is 1. The summed E-state index contributed by atoms with van der Waals surface area (Å²) in [6.45, 7) is 7.16. The van der Waals surface area contributed by atoms with E-state index in [9.17, 15) is 8.42 Å². The van der Waals surface area contributed by atoms with Gasteiger partial charge in [0, 0.05) is 25.8 Å². The van der Waals surface area contributed by atoms with E-state index in [0.717, 1.165) is 13.0 Å². The van der Waals surface area contributed by atoms with E-state index >= 15 is 0 Å². The summed E-state index contributed by atoms with van der Waals surface area (Å²) >= 11 is 0. The van der Waals surface area contributed by atoms with Gasteiger partial charge < -0.3 is 5.32 Å². The lowest BCUT2D eigenvalue weighted by Crippen LogP contribution is -2.35. The third-order valence-corrected chi connectivity index (χ3v) is 4.34. The average Bonchev–Trinajstić information content (AvgIpc) is 2.36. The van der Waals surface area contributed by atoms with Crippen LogP contribution in [-0.4, -0.2) is 43.9 Å². The Bertz CT molecular complexity index is 517. The van der Waals surface area contributed by atoms with E-state index < -0.39 is 10.2 Å². The van der Waals surface area contributed by atoms with E-state index in [1.54, 1.807) is 32.3 Å². The molecule has 20 heavy (non-hydrogen) atoms. The molecular formula is C13H24N4O2S. The van der Waals surface area contributed by atoms with Crippen LogP contribution in [0.5, 0.6) is 0 Å². The van der Waals surface area contributed by atoms with Crippen LogP contribution in [-0.2, 0) is 10.2 Å². The standard InChI is InChI=1S/C13H24N4O2S/c1-11(2)14-9-6-10-17(4)20(18,19)16-13-7-5-8-15-12(13)3/h5,7-8,11,14,16H,6,9-10H2,1-4H3. The van der Waals surface area contributed by atoms with Crippen LogP contribution < -0.4 is 10.0 Å². The first kappa shape index (κ1) is 16.9. The Labute approximate surface area is 121 Å². The molecule has 0 fully saturated rings. The number of anilines is 1. The fourth-order valence-electron chi connectivity index (χ4n) is 1.62. The second-order valence-electron chi connectivity index (χ2n) is 5.03. The Kier molecular flexibility index (Phi) is 6.38. The molecule has 0 spiro atoms. The van der Waals surface area contributed by atoms with Crippen molar-refractivity contribution >= 4 is 15.9 Å². The molecule has 0 aliphatic carbocycles. The molecule has 0 radical (unpaired) electrons. The first-order valence-corrected chi connectivity index (χ1v) is 8.16. The van der Waals surface area contributed by atoms with Gasteiger partial charge in [0.25, 0.3) is 0 Å². The van der Waals surface area contributed by atoms with Crippen LogP contribution in [0.3, 0.4) is 0 Å². The normalized spacial score (nSPS) is 12.1. The van der Waals surface area contributed by atoms with Gasteiger partial charge in [-0.15, -0.1) is 0 Å². The molecule has 1 rings (SSSR count). The smallest absolute Gasteiger partial charge is 0.301 e. The van der Waals surface area contributed by atoms with Crippen molar-refractivity contribution in [3.8, 4) is 0 Å². The third-order valence-electron chi connectivity index (χ3n) is 2.86. The van der Waals surface area contributed by atoms with Gasteiger partial charge in [0.2, 0.25) is 0 Å². The van der Waals surface area contributed by atoms with Crippen LogP contribution in [0, 0.1) is 6.92 Å². The van der Waals surface area contributed by atoms with Crippen molar-refractivity contribution in [2.45, 2.75) is 33.2 Å². The quantitative estimate of drug-likeness (QED) is 0.711.